The van der Waals surface area contributed by atoms with Gasteiger partial charge in [0.1, 0.15) is 6.10 Å². The van der Waals surface area contributed by atoms with Gasteiger partial charge in [-0.25, -0.2) is 0 Å². The maximum atomic E-state index is 12.4. The Balaban J connectivity index is 1.57. The molecule has 1 heterocycles. The summed E-state index contributed by atoms with van der Waals surface area (Å²) in [6.45, 7) is 0. The third kappa shape index (κ3) is 1.52. The first-order chi connectivity index (χ1) is 9.24. The Hall–Kier alpha value is -1.84. The molecule has 0 spiro atoms. The summed E-state index contributed by atoms with van der Waals surface area (Å²) < 4.78 is 5.35. The average molecular weight is 257 g/mol. The molecule has 3 aliphatic rings. The molecule has 5 atom stereocenters. The maximum absolute atomic E-state index is 12.4. The van der Waals surface area contributed by atoms with E-state index in [2.05, 4.69) is 5.32 Å². The molecule has 3 fully saturated rings. The van der Waals surface area contributed by atoms with Crippen molar-refractivity contribution in [3.05, 3.63) is 30.3 Å². The van der Waals surface area contributed by atoms with E-state index < -0.39 is 0 Å². The number of carbonyl (C=O) groups is 2. The number of esters is 1. The van der Waals surface area contributed by atoms with Crippen LogP contribution in [0.25, 0.3) is 0 Å². The van der Waals surface area contributed by atoms with Crippen LogP contribution in [-0.4, -0.2) is 18.0 Å². The molecule has 2 bridgehead atoms. The Labute approximate surface area is 111 Å². The van der Waals surface area contributed by atoms with Gasteiger partial charge in [0.15, 0.2) is 0 Å². The van der Waals surface area contributed by atoms with Crippen LogP contribution in [0.15, 0.2) is 30.3 Å². The number of rotatable bonds is 2. The van der Waals surface area contributed by atoms with Crippen molar-refractivity contribution in [1.82, 2.24) is 0 Å². The van der Waals surface area contributed by atoms with Gasteiger partial charge in [-0.05, 0) is 30.9 Å². The van der Waals surface area contributed by atoms with Crippen LogP contribution < -0.4 is 5.32 Å². The van der Waals surface area contributed by atoms with Crippen LogP contribution in [0.3, 0.4) is 0 Å². The van der Waals surface area contributed by atoms with Crippen LogP contribution in [0, 0.1) is 23.7 Å². The van der Waals surface area contributed by atoms with Crippen molar-refractivity contribution >= 4 is 17.6 Å². The zero-order chi connectivity index (χ0) is 13.0. The van der Waals surface area contributed by atoms with E-state index in [1.807, 2.05) is 30.3 Å². The van der Waals surface area contributed by atoms with E-state index in [1.54, 1.807) is 0 Å². The molecular formula is C15H15NO3. The lowest BCUT2D eigenvalue weighted by atomic mass is 9.79. The molecule has 4 heteroatoms. The number of benzene rings is 1. The SMILES string of the molecule is O=C(Nc1ccccc1)[C@@H]1[C@@H]2C[C@@H]3[C@H]1C(=O)O[C@H]3C2. The summed E-state index contributed by atoms with van der Waals surface area (Å²) in [5.41, 5.74) is 0.790. The smallest absolute Gasteiger partial charge is 0.310 e. The first-order valence-electron chi connectivity index (χ1n) is 6.80. The number of hydrogen-bond acceptors (Lipinski definition) is 3. The van der Waals surface area contributed by atoms with Gasteiger partial charge in [-0.2, -0.15) is 0 Å². The number of fused-ring (bicyclic) bond motifs is 1. The molecule has 1 N–H and O–H groups in total. The van der Waals surface area contributed by atoms with Gasteiger partial charge in [0.25, 0.3) is 0 Å². The molecule has 98 valence electrons. The second-order valence-electron chi connectivity index (χ2n) is 5.78. The molecule has 1 aromatic rings. The molecule has 0 radical (unpaired) electrons. The maximum Gasteiger partial charge on any atom is 0.310 e. The number of anilines is 1. The van der Waals surface area contributed by atoms with E-state index in [1.165, 1.54) is 0 Å². The van der Waals surface area contributed by atoms with Crippen molar-refractivity contribution in [3.63, 3.8) is 0 Å². The van der Waals surface area contributed by atoms with Crippen molar-refractivity contribution in [3.8, 4) is 0 Å². The summed E-state index contributed by atoms with van der Waals surface area (Å²) in [5.74, 6) is 0.00677. The Kier molecular flexibility index (Phi) is 2.22. The fraction of sp³-hybridized carbons (Fsp3) is 0.467. The van der Waals surface area contributed by atoms with Gasteiger partial charge < -0.3 is 10.1 Å². The molecule has 1 aromatic carbocycles. The highest BCUT2D eigenvalue weighted by Gasteiger charge is 2.63. The summed E-state index contributed by atoms with van der Waals surface area (Å²) in [7, 11) is 0. The fourth-order valence-corrected chi connectivity index (χ4v) is 4.11. The van der Waals surface area contributed by atoms with Crippen LogP contribution in [-0.2, 0) is 14.3 Å². The fourth-order valence-electron chi connectivity index (χ4n) is 4.11. The Morgan fingerprint density at radius 1 is 1.21 bits per heavy atom. The van der Waals surface area contributed by atoms with Crippen LogP contribution in [0.4, 0.5) is 5.69 Å². The van der Waals surface area contributed by atoms with Crippen molar-refractivity contribution in [2.45, 2.75) is 18.9 Å². The minimum atomic E-state index is -0.201. The topological polar surface area (TPSA) is 55.4 Å². The zero-order valence-corrected chi connectivity index (χ0v) is 10.4. The monoisotopic (exact) mass is 257 g/mol. The Morgan fingerprint density at radius 3 is 2.79 bits per heavy atom. The van der Waals surface area contributed by atoms with E-state index in [4.69, 9.17) is 4.74 Å². The second-order valence-corrected chi connectivity index (χ2v) is 5.78. The highest BCUT2D eigenvalue weighted by molar-refractivity contribution is 5.96. The molecule has 1 aliphatic heterocycles. The third-order valence-electron chi connectivity index (χ3n) is 4.83. The molecule has 1 saturated heterocycles. The van der Waals surface area contributed by atoms with Gasteiger partial charge >= 0.3 is 5.97 Å². The first kappa shape index (κ1) is 11.0. The number of amides is 1. The lowest BCUT2D eigenvalue weighted by Gasteiger charge is -2.23. The van der Waals surface area contributed by atoms with Crippen LogP contribution in [0.2, 0.25) is 0 Å². The van der Waals surface area contributed by atoms with Gasteiger partial charge in [-0.1, -0.05) is 18.2 Å². The summed E-state index contributed by atoms with van der Waals surface area (Å²) in [6.07, 6.45) is 1.91. The van der Waals surface area contributed by atoms with Crippen molar-refractivity contribution in [2.75, 3.05) is 5.32 Å². The number of hydrogen-bond donors (Lipinski definition) is 1. The molecule has 1 amide bonds. The van der Waals surface area contributed by atoms with Gasteiger partial charge in [-0.15, -0.1) is 0 Å². The largest absolute Gasteiger partial charge is 0.462 e. The first-order valence-corrected chi connectivity index (χ1v) is 6.80. The lowest BCUT2D eigenvalue weighted by molar-refractivity contribution is -0.145. The molecule has 4 rings (SSSR count). The standard InChI is InChI=1S/C15H15NO3/c17-14(16-9-4-2-1-3-5-9)12-8-6-10-11(7-8)19-15(18)13(10)12/h1-5,8,10-13H,6-7H2,(H,16,17)/t8-,10+,11+,12-,13-/m1/s1. The number of nitrogens with one attached hydrogen (secondary N) is 1. The molecular weight excluding hydrogens is 242 g/mol. The summed E-state index contributed by atoms with van der Waals surface area (Å²) >= 11 is 0. The second kappa shape index (κ2) is 3.83. The zero-order valence-electron chi connectivity index (χ0n) is 10.4. The minimum absolute atomic E-state index is 0.0269. The van der Waals surface area contributed by atoms with Gasteiger partial charge in [0, 0.05) is 11.6 Å². The van der Waals surface area contributed by atoms with Gasteiger partial charge in [-0.3, -0.25) is 9.59 Å². The van der Waals surface area contributed by atoms with Crippen molar-refractivity contribution < 1.29 is 14.3 Å². The number of para-hydroxylation sites is 1. The predicted molar refractivity (Wildman–Crippen MR) is 68.1 cm³/mol. The predicted octanol–water partition coefficient (Wildman–Crippen LogP) is 1.82. The summed E-state index contributed by atoms with van der Waals surface area (Å²) in [4.78, 5) is 24.3. The van der Waals surface area contributed by atoms with E-state index in [9.17, 15) is 9.59 Å². The molecule has 2 saturated carbocycles. The molecule has 19 heavy (non-hydrogen) atoms. The minimum Gasteiger partial charge on any atom is -0.462 e. The van der Waals surface area contributed by atoms with E-state index in [0.29, 0.717) is 5.92 Å². The quantitative estimate of drug-likeness (QED) is 0.822. The van der Waals surface area contributed by atoms with Gasteiger partial charge in [0.05, 0.1) is 11.8 Å². The third-order valence-corrected chi connectivity index (χ3v) is 4.83. The lowest BCUT2D eigenvalue weighted by Crippen LogP contribution is -2.35. The van der Waals surface area contributed by atoms with Gasteiger partial charge in [0.2, 0.25) is 5.91 Å². The van der Waals surface area contributed by atoms with Crippen molar-refractivity contribution in [1.29, 1.82) is 0 Å². The Morgan fingerprint density at radius 2 is 2.00 bits per heavy atom. The molecule has 0 aromatic heterocycles. The summed E-state index contributed by atoms with van der Waals surface area (Å²) in [6, 6.07) is 9.40. The molecule has 0 unspecified atom stereocenters. The molecule has 2 aliphatic carbocycles. The summed E-state index contributed by atoms with van der Waals surface area (Å²) in [5, 5.41) is 2.93. The van der Waals surface area contributed by atoms with Crippen molar-refractivity contribution in [2.24, 2.45) is 23.7 Å². The highest BCUT2D eigenvalue weighted by Crippen LogP contribution is 2.57. The van der Waals surface area contributed by atoms with E-state index in [-0.39, 0.29) is 35.7 Å². The Bertz CT molecular complexity index is 540. The molecule has 4 nitrogen and oxygen atoms in total. The van der Waals surface area contributed by atoms with Crippen LogP contribution >= 0.6 is 0 Å². The van der Waals surface area contributed by atoms with E-state index in [0.717, 1.165) is 18.5 Å². The van der Waals surface area contributed by atoms with E-state index >= 15 is 0 Å². The average Bonchev–Trinajstić information content (AvgIpc) is 3.00. The normalized spacial score (nSPS) is 38.3. The number of ether oxygens (including phenoxy) is 1. The highest BCUT2D eigenvalue weighted by atomic mass is 16.6. The van der Waals surface area contributed by atoms with Crippen LogP contribution in [0.5, 0.6) is 0 Å². The van der Waals surface area contributed by atoms with Crippen LogP contribution in [0.1, 0.15) is 12.8 Å². The number of carbonyl (C=O) groups excluding carboxylic acids is 2.